The average Bonchev–Trinajstić information content (AvgIpc) is 3.33. The maximum absolute atomic E-state index is 13.0. The highest BCUT2D eigenvalue weighted by atomic mass is 16.6. The van der Waals surface area contributed by atoms with Crippen molar-refractivity contribution in [3.63, 3.8) is 0 Å². The minimum Gasteiger partial charge on any atom is -0.467 e. The van der Waals surface area contributed by atoms with E-state index in [0.29, 0.717) is 18.6 Å². The van der Waals surface area contributed by atoms with E-state index in [1.54, 1.807) is 17.2 Å². The highest BCUT2D eigenvalue weighted by Gasteiger charge is 2.50. The minimum absolute atomic E-state index is 0.0353. The number of benzene rings is 1. The monoisotopic (exact) mass is 366 g/mol. The average molecular weight is 366 g/mol. The molecule has 2 aromatic rings. The molecule has 0 radical (unpaired) electrons. The van der Waals surface area contributed by atoms with Gasteiger partial charge in [0, 0.05) is 5.92 Å². The third-order valence-electron chi connectivity index (χ3n) is 5.48. The second-order valence-electron chi connectivity index (χ2n) is 7.04. The van der Waals surface area contributed by atoms with Gasteiger partial charge < -0.3 is 14.9 Å². The van der Waals surface area contributed by atoms with Crippen LogP contribution in [0.15, 0.2) is 65.3 Å². The van der Waals surface area contributed by atoms with Gasteiger partial charge in [0.1, 0.15) is 12.4 Å². The number of nitrogens with zero attached hydrogens (tertiary/aromatic N) is 1. The van der Waals surface area contributed by atoms with Crippen molar-refractivity contribution >= 4 is 12.0 Å². The zero-order chi connectivity index (χ0) is 18.8. The first-order valence-corrected chi connectivity index (χ1v) is 9.13. The SMILES string of the molecule is NC(=O)[C@H]1CC=C[C@H]2[C@@H]1C[C@@H](c1ccco1)N2C(=O)OCc1ccccc1. The van der Waals surface area contributed by atoms with Crippen molar-refractivity contribution in [2.45, 2.75) is 31.5 Å². The maximum Gasteiger partial charge on any atom is 0.411 e. The molecule has 2 aliphatic rings. The lowest BCUT2D eigenvalue weighted by molar-refractivity contribution is -0.123. The van der Waals surface area contributed by atoms with Crippen molar-refractivity contribution in [3.8, 4) is 0 Å². The lowest BCUT2D eigenvalue weighted by atomic mass is 9.79. The molecule has 4 rings (SSSR count). The van der Waals surface area contributed by atoms with Crippen molar-refractivity contribution in [2.24, 2.45) is 17.6 Å². The summed E-state index contributed by atoms with van der Waals surface area (Å²) in [5.74, 6) is 0.0426. The van der Waals surface area contributed by atoms with E-state index in [2.05, 4.69) is 0 Å². The van der Waals surface area contributed by atoms with E-state index in [-0.39, 0.29) is 36.4 Å². The van der Waals surface area contributed by atoms with Crippen LogP contribution in [0.5, 0.6) is 0 Å². The second kappa shape index (κ2) is 7.31. The molecule has 2 N–H and O–H groups in total. The Balaban J connectivity index is 1.58. The fraction of sp³-hybridized carbons (Fsp3) is 0.333. The number of furan rings is 1. The zero-order valence-corrected chi connectivity index (χ0v) is 14.9. The number of rotatable bonds is 4. The molecule has 140 valence electrons. The van der Waals surface area contributed by atoms with Gasteiger partial charge in [0.15, 0.2) is 0 Å². The molecule has 0 spiro atoms. The Labute approximate surface area is 157 Å². The van der Waals surface area contributed by atoms with Crippen LogP contribution in [-0.2, 0) is 16.1 Å². The topological polar surface area (TPSA) is 85.8 Å². The summed E-state index contributed by atoms with van der Waals surface area (Å²) in [5, 5.41) is 0. The van der Waals surface area contributed by atoms with Gasteiger partial charge in [0.25, 0.3) is 0 Å². The van der Waals surface area contributed by atoms with E-state index in [1.165, 1.54) is 0 Å². The standard InChI is InChI=1S/C21H22N2O4/c22-20(24)15-8-4-9-17-16(15)12-18(19-10-5-11-26-19)23(17)21(25)27-13-14-6-2-1-3-7-14/h1-7,9-11,15-18H,8,12-13H2,(H2,22,24)/t15-,16+,17-,18-/m0/s1. The van der Waals surface area contributed by atoms with Gasteiger partial charge in [-0.15, -0.1) is 0 Å². The van der Waals surface area contributed by atoms with Gasteiger partial charge in [-0.05, 0) is 36.5 Å². The molecule has 1 aliphatic heterocycles. The predicted octanol–water partition coefficient (Wildman–Crippen LogP) is 3.41. The largest absolute Gasteiger partial charge is 0.467 e. The van der Waals surface area contributed by atoms with Crippen LogP contribution in [0.4, 0.5) is 4.79 Å². The molecule has 1 fully saturated rings. The third kappa shape index (κ3) is 3.35. The molecule has 2 heterocycles. The van der Waals surface area contributed by atoms with Crippen LogP contribution in [0.3, 0.4) is 0 Å². The highest BCUT2D eigenvalue weighted by molar-refractivity contribution is 5.78. The van der Waals surface area contributed by atoms with Crippen LogP contribution in [0.1, 0.15) is 30.2 Å². The van der Waals surface area contributed by atoms with Gasteiger partial charge in [0.2, 0.25) is 5.91 Å². The number of carbonyl (C=O) groups is 2. The molecule has 6 nitrogen and oxygen atoms in total. The van der Waals surface area contributed by atoms with E-state index < -0.39 is 6.09 Å². The zero-order valence-electron chi connectivity index (χ0n) is 14.9. The fourth-order valence-corrected chi connectivity index (χ4v) is 4.21. The molecule has 2 amide bonds. The number of fused-ring (bicyclic) bond motifs is 1. The van der Waals surface area contributed by atoms with Crippen molar-refractivity contribution in [3.05, 3.63) is 72.2 Å². The third-order valence-corrected chi connectivity index (χ3v) is 5.48. The van der Waals surface area contributed by atoms with Crippen LogP contribution in [0, 0.1) is 11.8 Å². The van der Waals surface area contributed by atoms with Crippen molar-refractivity contribution in [1.82, 2.24) is 4.90 Å². The fourth-order valence-electron chi connectivity index (χ4n) is 4.21. The summed E-state index contributed by atoms with van der Waals surface area (Å²) in [6.45, 7) is 0.196. The molecule has 0 unspecified atom stereocenters. The maximum atomic E-state index is 13.0. The first kappa shape index (κ1) is 17.4. The lowest BCUT2D eigenvalue weighted by Crippen LogP contribution is -2.43. The van der Waals surface area contributed by atoms with Crippen LogP contribution < -0.4 is 5.73 Å². The predicted molar refractivity (Wildman–Crippen MR) is 98.3 cm³/mol. The Morgan fingerprint density at radius 1 is 1.19 bits per heavy atom. The van der Waals surface area contributed by atoms with Gasteiger partial charge >= 0.3 is 6.09 Å². The summed E-state index contributed by atoms with van der Waals surface area (Å²) in [6, 6.07) is 12.7. The molecule has 1 aromatic heterocycles. The molecule has 4 atom stereocenters. The number of nitrogens with two attached hydrogens (primary N) is 1. The number of primary amides is 1. The van der Waals surface area contributed by atoms with Gasteiger partial charge in [-0.1, -0.05) is 42.5 Å². The number of carbonyl (C=O) groups excluding carboxylic acids is 2. The van der Waals surface area contributed by atoms with E-state index in [0.717, 1.165) is 5.56 Å². The second-order valence-corrected chi connectivity index (χ2v) is 7.04. The van der Waals surface area contributed by atoms with Crippen LogP contribution in [-0.4, -0.2) is 22.9 Å². The molecule has 0 bridgehead atoms. The molecular weight excluding hydrogens is 344 g/mol. The number of amides is 2. The Morgan fingerprint density at radius 3 is 2.70 bits per heavy atom. The van der Waals surface area contributed by atoms with E-state index in [1.807, 2.05) is 48.6 Å². The number of hydrogen-bond acceptors (Lipinski definition) is 4. The molecule has 6 heteroatoms. The Morgan fingerprint density at radius 2 is 2.00 bits per heavy atom. The molecule has 27 heavy (non-hydrogen) atoms. The van der Waals surface area contributed by atoms with Gasteiger partial charge in [-0.2, -0.15) is 0 Å². The Bertz CT molecular complexity index is 831. The molecule has 1 aromatic carbocycles. The molecular formula is C21H22N2O4. The summed E-state index contributed by atoms with van der Waals surface area (Å²) in [4.78, 5) is 26.6. The van der Waals surface area contributed by atoms with Gasteiger partial charge in [-0.25, -0.2) is 4.79 Å². The van der Waals surface area contributed by atoms with Crippen LogP contribution >= 0.6 is 0 Å². The lowest BCUT2D eigenvalue weighted by Gasteiger charge is -2.32. The molecule has 0 saturated carbocycles. The van der Waals surface area contributed by atoms with Crippen LogP contribution in [0.2, 0.25) is 0 Å². The summed E-state index contributed by atoms with van der Waals surface area (Å²) in [6.07, 6.45) is 6.31. The first-order chi connectivity index (χ1) is 13.1. The summed E-state index contributed by atoms with van der Waals surface area (Å²) in [7, 11) is 0. The quantitative estimate of drug-likeness (QED) is 0.840. The Kier molecular flexibility index (Phi) is 4.71. The van der Waals surface area contributed by atoms with E-state index >= 15 is 0 Å². The van der Waals surface area contributed by atoms with Crippen LogP contribution in [0.25, 0.3) is 0 Å². The van der Waals surface area contributed by atoms with Crippen molar-refractivity contribution in [1.29, 1.82) is 0 Å². The number of likely N-dealkylation sites (tertiary alicyclic amines) is 1. The summed E-state index contributed by atoms with van der Waals surface area (Å²) < 4.78 is 11.2. The first-order valence-electron chi connectivity index (χ1n) is 9.13. The number of ether oxygens (including phenoxy) is 1. The van der Waals surface area contributed by atoms with E-state index in [4.69, 9.17) is 14.9 Å². The summed E-state index contributed by atoms with van der Waals surface area (Å²) >= 11 is 0. The van der Waals surface area contributed by atoms with Crippen molar-refractivity contribution in [2.75, 3.05) is 0 Å². The summed E-state index contributed by atoms with van der Waals surface area (Å²) in [5.41, 5.74) is 6.53. The molecule has 1 saturated heterocycles. The Hall–Kier alpha value is -3.02. The van der Waals surface area contributed by atoms with Gasteiger partial charge in [0.05, 0.1) is 18.3 Å². The normalized spacial score (nSPS) is 26.6. The smallest absolute Gasteiger partial charge is 0.411 e. The molecule has 1 aliphatic carbocycles. The number of allylic oxidation sites excluding steroid dienone is 1. The highest BCUT2D eigenvalue weighted by Crippen LogP contribution is 2.46. The minimum atomic E-state index is -0.414. The number of hydrogen-bond donors (Lipinski definition) is 1. The van der Waals surface area contributed by atoms with E-state index in [9.17, 15) is 9.59 Å². The van der Waals surface area contributed by atoms with Gasteiger partial charge in [-0.3, -0.25) is 9.69 Å². The van der Waals surface area contributed by atoms with Crippen molar-refractivity contribution < 1.29 is 18.7 Å².